The molecule has 14 heavy (non-hydrogen) atoms. The number of alkyl halides is 1. The monoisotopic (exact) mass is 308 g/mol. The van der Waals surface area contributed by atoms with Crippen LogP contribution in [0.15, 0.2) is 18.2 Å². The van der Waals surface area contributed by atoms with E-state index < -0.39 is 0 Å². The Kier molecular flexibility index (Phi) is 4.65. The molecule has 0 fully saturated rings. The third-order valence-corrected chi connectivity index (χ3v) is 2.63. The molecule has 0 spiro atoms. The predicted octanol–water partition coefficient (Wildman–Crippen LogP) is 3.76. The van der Waals surface area contributed by atoms with Crippen molar-refractivity contribution in [2.45, 2.75) is 19.8 Å². The summed E-state index contributed by atoms with van der Waals surface area (Å²) in [5, 5.41) is 0. The van der Waals surface area contributed by atoms with Gasteiger partial charge < -0.3 is 4.74 Å². The van der Waals surface area contributed by atoms with Crippen LogP contribution in [0, 0.1) is 3.57 Å². The van der Waals surface area contributed by atoms with E-state index >= 15 is 0 Å². The van der Waals surface area contributed by atoms with Crippen LogP contribution in [0.1, 0.15) is 25.3 Å². The maximum Gasteiger partial charge on any atom is 0.120 e. The summed E-state index contributed by atoms with van der Waals surface area (Å²) in [6.45, 7) is 4.13. The van der Waals surface area contributed by atoms with Crippen LogP contribution in [0.5, 0.6) is 5.75 Å². The summed E-state index contributed by atoms with van der Waals surface area (Å²) in [6.07, 6.45) is 0. The topological polar surface area (TPSA) is 9.23 Å². The number of hydrogen-bond donors (Lipinski definition) is 0. The third-order valence-electron chi connectivity index (χ3n) is 2.01. The van der Waals surface area contributed by atoms with Crippen molar-refractivity contribution < 1.29 is 9.13 Å². The lowest BCUT2D eigenvalue weighted by Gasteiger charge is -2.10. The molecule has 1 atom stereocenters. The third kappa shape index (κ3) is 3.12. The van der Waals surface area contributed by atoms with Crippen LogP contribution in [0.2, 0.25) is 0 Å². The molecule has 0 aliphatic heterocycles. The van der Waals surface area contributed by atoms with Gasteiger partial charge in [0.2, 0.25) is 0 Å². The minimum atomic E-state index is -0.328. The molecule has 3 heteroatoms. The zero-order valence-corrected chi connectivity index (χ0v) is 10.5. The van der Waals surface area contributed by atoms with E-state index in [1.54, 1.807) is 0 Å². The molecule has 1 aromatic carbocycles. The van der Waals surface area contributed by atoms with Crippen molar-refractivity contribution >= 4 is 22.6 Å². The predicted molar refractivity (Wildman–Crippen MR) is 64.7 cm³/mol. The SMILES string of the molecule is CCOc1cc(I)cc(C(C)CF)c1. The van der Waals surface area contributed by atoms with Gasteiger partial charge in [-0.05, 0) is 53.3 Å². The van der Waals surface area contributed by atoms with Gasteiger partial charge in [0, 0.05) is 9.49 Å². The molecular formula is C11H14FIO. The van der Waals surface area contributed by atoms with E-state index in [2.05, 4.69) is 22.6 Å². The van der Waals surface area contributed by atoms with Crippen LogP contribution >= 0.6 is 22.6 Å². The highest BCUT2D eigenvalue weighted by Gasteiger charge is 2.07. The van der Waals surface area contributed by atoms with E-state index in [1.807, 2.05) is 32.0 Å². The Morgan fingerprint density at radius 2 is 2.14 bits per heavy atom. The molecule has 0 aliphatic carbocycles. The lowest BCUT2D eigenvalue weighted by atomic mass is 10.0. The van der Waals surface area contributed by atoms with Crippen molar-refractivity contribution in [2.24, 2.45) is 0 Å². The second-order valence-corrected chi connectivity index (χ2v) is 4.45. The molecule has 0 saturated carbocycles. The van der Waals surface area contributed by atoms with Gasteiger partial charge in [0.25, 0.3) is 0 Å². The largest absolute Gasteiger partial charge is 0.494 e. The highest BCUT2D eigenvalue weighted by molar-refractivity contribution is 14.1. The van der Waals surface area contributed by atoms with Gasteiger partial charge in [0.05, 0.1) is 13.3 Å². The van der Waals surface area contributed by atoms with Crippen LogP contribution < -0.4 is 4.74 Å². The Morgan fingerprint density at radius 3 is 2.71 bits per heavy atom. The first-order valence-corrected chi connectivity index (χ1v) is 5.74. The summed E-state index contributed by atoms with van der Waals surface area (Å²) < 4.78 is 19.0. The fourth-order valence-corrected chi connectivity index (χ4v) is 1.87. The molecule has 0 heterocycles. The second kappa shape index (κ2) is 5.53. The fraction of sp³-hybridized carbons (Fsp3) is 0.455. The molecule has 0 radical (unpaired) electrons. The summed E-state index contributed by atoms with van der Waals surface area (Å²) in [7, 11) is 0. The first-order chi connectivity index (χ1) is 6.67. The van der Waals surface area contributed by atoms with Gasteiger partial charge in [0.1, 0.15) is 5.75 Å². The van der Waals surface area contributed by atoms with Gasteiger partial charge in [-0.25, -0.2) is 0 Å². The van der Waals surface area contributed by atoms with Crippen molar-refractivity contribution in [1.29, 1.82) is 0 Å². The standard InChI is InChI=1S/C11H14FIO/c1-3-14-11-5-9(8(2)7-12)4-10(13)6-11/h4-6,8H,3,7H2,1-2H3. The zero-order valence-electron chi connectivity index (χ0n) is 8.39. The first-order valence-electron chi connectivity index (χ1n) is 4.66. The van der Waals surface area contributed by atoms with Crippen LogP contribution in [0.25, 0.3) is 0 Å². The maximum atomic E-state index is 12.5. The Morgan fingerprint density at radius 1 is 1.43 bits per heavy atom. The zero-order chi connectivity index (χ0) is 10.6. The van der Waals surface area contributed by atoms with E-state index in [9.17, 15) is 4.39 Å². The van der Waals surface area contributed by atoms with Crippen LogP contribution in [0.3, 0.4) is 0 Å². The van der Waals surface area contributed by atoms with Crippen LogP contribution in [-0.2, 0) is 0 Å². The minimum Gasteiger partial charge on any atom is -0.494 e. The van der Waals surface area contributed by atoms with Gasteiger partial charge in [-0.15, -0.1) is 0 Å². The lowest BCUT2D eigenvalue weighted by molar-refractivity contribution is 0.339. The van der Waals surface area contributed by atoms with Crippen molar-refractivity contribution in [3.05, 3.63) is 27.3 Å². The Labute approximate surface area is 97.8 Å². The van der Waals surface area contributed by atoms with Gasteiger partial charge in [0.15, 0.2) is 0 Å². The highest BCUT2D eigenvalue weighted by atomic mass is 127. The Balaban J connectivity index is 2.94. The highest BCUT2D eigenvalue weighted by Crippen LogP contribution is 2.24. The smallest absolute Gasteiger partial charge is 0.120 e. The van der Waals surface area contributed by atoms with E-state index in [4.69, 9.17) is 4.74 Å². The molecule has 0 saturated heterocycles. The maximum absolute atomic E-state index is 12.5. The van der Waals surface area contributed by atoms with Gasteiger partial charge in [-0.1, -0.05) is 6.92 Å². The van der Waals surface area contributed by atoms with Crippen molar-refractivity contribution in [1.82, 2.24) is 0 Å². The van der Waals surface area contributed by atoms with Crippen LogP contribution in [0.4, 0.5) is 4.39 Å². The number of benzene rings is 1. The van der Waals surface area contributed by atoms with Crippen molar-refractivity contribution in [2.75, 3.05) is 13.3 Å². The van der Waals surface area contributed by atoms with E-state index in [0.29, 0.717) is 6.61 Å². The molecule has 78 valence electrons. The molecule has 1 nitrogen and oxygen atoms in total. The summed E-state index contributed by atoms with van der Waals surface area (Å²) in [4.78, 5) is 0. The van der Waals surface area contributed by atoms with E-state index in [1.165, 1.54) is 0 Å². The van der Waals surface area contributed by atoms with Crippen molar-refractivity contribution in [3.8, 4) is 5.75 Å². The quantitative estimate of drug-likeness (QED) is 0.770. The van der Waals surface area contributed by atoms with E-state index in [-0.39, 0.29) is 12.6 Å². The number of ether oxygens (including phenoxy) is 1. The fourth-order valence-electron chi connectivity index (χ4n) is 1.21. The van der Waals surface area contributed by atoms with Gasteiger partial charge in [-0.3, -0.25) is 4.39 Å². The lowest BCUT2D eigenvalue weighted by Crippen LogP contribution is -1.98. The van der Waals surface area contributed by atoms with E-state index in [0.717, 1.165) is 14.9 Å². The summed E-state index contributed by atoms with van der Waals surface area (Å²) >= 11 is 2.22. The molecule has 0 bridgehead atoms. The molecule has 0 aliphatic rings. The number of halogens is 2. The summed E-state index contributed by atoms with van der Waals surface area (Å²) in [5.41, 5.74) is 1.00. The average Bonchev–Trinajstić information content (AvgIpc) is 2.16. The summed E-state index contributed by atoms with van der Waals surface area (Å²) in [5.74, 6) is 0.777. The molecule has 0 aromatic heterocycles. The second-order valence-electron chi connectivity index (χ2n) is 3.21. The molecule has 1 unspecified atom stereocenters. The number of rotatable bonds is 4. The Bertz CT molecular complexity index is 301. The number of hydrogen-bond acceptors (Lipinski definition) is 1. The minimum absolute atomic E-state index is 0.0519. The molecule has 0 N–H and O–H groups in total. The van der Waals surface area contributed by atoms with Gasteiger partial charge >= 0.3 is 0 Å². The summed E-state index contributed by atoms with van der Waals surface area (Å²) in [6, 6.07) is 5.86. The normalized spacial score (nSPS) is 12.6. The average molecular weight is 308 g/mol. The van der Waals surface area contributed by atoms with Crippen molar-refractivity contribution in [3.63, 3.8) is 0 Å². The Hall–Kier alpha value is -0.320. The van der Waals surface area contributed by atoms with Gasteiger partial charge in [-0.2, -0.15) is 0 Å². The first kappa shape index (κ1) is 11.8. The van der Waals surface area contributed by atoms with Crippen LogP contribution in [-0.4, -0.2) is 13.3 Å². The molecule has 1 rings (SSSR count). The molecule has 1 aromatic rings. The molecular weight excluding hydrogens is 294 g/mol. The molecule has 0 amide bonds.